The largest absolute Gasteiger partial charge is 0.494 e. The highest BCUT2D eigenvalue weighted by Crippen LogP contribution is 2.21. The van der Waals surface area contributed by atoms with Crippen LogP contribution in [0.3, 0.4) is 0 Å². The van der Waals surface area contributed by atoms with Gasteiger partial charge >= 0.3 is 0 Å². The van der Waals surface area contributed by atoms with E-state index in [1.165, 1.54) is 0 Å². The molecule has 4 rings (SSSR count). The zero-order chi connectivity index (χ0) is 22.0. The second-order valence-corrected chi connectivity index (χ2v) is 8.66. The van der Waals surface area contributed by atoms with Gasteiger partial charge in [-0.15, -0.1) is 0 Å². The highest BCUT2D eigenvalue weighted by Gasteiger charge is 2.12. The van der Waals surface area contributed by atoms with E-state index in [2.05, 4.69) is 10.1 Å². The SMILES string of the molecule is CCCOc1ccc(Cc2nn3c(=O)/c(=C/c4ccc(Cl)cc4Cl)sc3nc2=O)cc1. The molecule has 0 fully saturated rings. The van der Waals surface area contributed by atoms with Gasteiger partial charge in [0.2, 0.25) is 4.96 Å². The number of thiazole rings is 1. The summed E-state index contributed by atoms with van der Waals surface area (Å²) < 4.78 is 7.11. The first kappa shape index (κ1) is 21.5. The Hall–Kier alpha value is -2.74. The van der Waals surface area contributed by atoms with Gasteiger partial charge in [-0.25, -0.2) is 0 Å². The number of rotatable bonds is 6. The van der Waals surface area contributed by atoms with Gasteiger partial charge in [-0.1, -0.05) is 59.7 Å². The van der Waals surface area contributed by atoms with Crippen LogP contribution in [0, 0.1) is 0 Å². The predicted octanol–water partition coefficient (Wildman–Crippen LogP) is 3.75. The number of halogens is 2. The Kier molecular flexibility index (Phi) is 6.36. The van der Waals surface area contributed by atoms with E-state index in [4.69, 9.17) is 27.9 Å². The lowest BCUT2D eigenvalue weighted by Gasteiger charge is -2.05. The van der Waals surface area contributed by atoms with Crippen molar-refractivity contribution in [1.82, 2.24) is 14.6 Å². The summed E-state index contributed by atoms with van der Waals surface area (Å²) in [7, 11) is 0. The van der Waals surface area contributed by atoms with E-state index in [-0.39, 0.29) is 22.6 Å². The number of nitrogens with zero attached hydrogens (tertiary/aromatic N) is 3. The van der Waals surface area contributed by atoms with E-state index in [1.807, 2.05) is 31.2 Å². The number of hydrogen-bond donors (Lipinski definition) is 0. The highest BCUT2D eigenvalue weighted by molar-refractivity contribution is 7.15. The van der Waals surface area contributed by atoms with Crippen LogP contribution in [0.4, 0.5) is 0 Å². The molecule has 2 heterocycles. The molecule has 0 aliphatic rings. The molecule has 0 aliphatic carbocycles. The van der Waals surface area contributed by atoms with Gasteiger partial charge < -0.3 is 4.74 Å². The first-order chi connectivity index (χ1) is 14.9. The fourth-order valence-corrected chi connectivity index (χ4v) is 4.29. The first-order valence-electron chi connectivity index (χ1n) is 9.56. The van der Waals surface area contributed by atoms with Gasteiger partial charge in [-0.3, -0.25) is 9.59 Å². The maximum absolute atomic E-state index is 12.8. The lowest BCUT2D eigenvalue weighted by atomic mass is 10.1. The summed E-state index contributed by atoms with van der Waals surface area (Å²) in [6.45, 7) is 2.69. The van der Waals surface area contributed by atoms with Gasteiger partial charge in [0, 0.05) is 16.5 Å². The van der Waals surface area contributed by atoms with Gasteiger partial charge in [0.15, 0.2) is 0 Å². The van der Waals surface area contributed by atoms with Crippen molar-refractivity contribution in [3.05, 3.63) is 94.6 Å². The summed E-state index contributed by atoms with van der Waals surface area (Å²) in [5, 5.41) is 5.20. The third-order valence-electron chi connectivity index (χ3n) is 4.47. The van der Waals surface area contributed by atoms with Gasteiger partial charge in [0.1, 0.15) is 11.4 Å². The maximum atomic E-state index is 12.8. The third kappa shape index (κ3) is 4.79. The standard InChI is InChI=1S/C22H17Cl2N3O3S/c1-2-9-30-16-7-3-13(4-8-16)10-18-20(28)25-22-27(26-18)21(29)19(31-22)11-14-5-6-15(23)12-17(14)24/h3-8,11-12H,2,9-10H2,1H3/b19-11-. The number of ether oxygens (including phenoxy) is 1. The normalized spacial score (nSPS) is 11.9. The molecule has 6 nitrogen and oxygen atoms in total. The van der Waals surface area contributed by atoms with Crippen molar-refractivity contribution in [2.75, 3.05) is 6.61 Å². The van der Waals surface area contributed by atoms with Crippen molar-refractivity contribution in [3.8, 4) is 5.75 Å². The summed E-state index contributed by atoms with van der Waals surface area (Å²) in [5.41, 5.74) is 0.901. The molecule has 0 atom stereocenters. The minimum atomic E-state index is -0.455. The second-order valence-electron chi connectivity index (χ2n) is 6.81. The van der Waals surface area contributed by atoms with Crippen molar-refractivity contribution >= 4 is 45.6 Å². The van der Waals surface area contributed by atoms with Crippen molar-refractivity contribution in [2.24, 2.45) is 0 Å². The predicted molar refractivity (Wildman–Crippen MR) is 124 cm³/mol. The molecule has 0 saturated carbocycles. The van der Waals surface area contributed by atoms with Crippen molar-refractivity contribution < 1.29 is 4.74 Å². The molecule has 9 heteroatoms. The summed E-state index contributed by atoms with van der Waals surface area (Å²) in [6.07, 6.45) is 2.83. The van der Waals surface area contributed by atoms with E-state index >= 15 is 0 Å². The van der Waals surface area contributed by atoms with Gasteiger partial charge in [-0.05, 0) is 47.9 Å². The summed E-state index contributed by atoms with van der Waals surface area (Å²) in [4.78, 5) is 29.6. The van der Waals surface area contributed by atoms with Gasteiger partial charge in [0.05, 0.1) is 11.1 Å². The molecule has 2 aromatic heterocycles. The lowest BCUT2D eigenvalue weighted by Crippen LogP contribution is -2.28. The molecular formula is C22H17Cl2N3O3S. The maximum Gasteiger partial charge on any atom is 0.296 e. The first-order valence-corrected chi connectivity index (χ1v) is 11.1. The van der Waals surface area contributed by atoms with Crippen molar-refractivity contribution in [1.29, 1.82) is 0 Å². The van der Waals surface area contributed by atoms with E-state index in [9.17, 15) is 9.59 Å². The van der Waals surface area contributed by atoms with Crippen LogP contribution >= 0.6 is 34.5 Å². The Morgan fingerprint density at radius 3 is 2.61 bits per heavy atom. The quantitative estimate of drug-likeness (QED) is 0.426. The number of fused-ring (bicyclic) bond motifs is 1. The van der Waals surface area contributed by atoms with Crippen LogP contribution < -0.4 is 20.4 Å². The van der Waals surface area contributed by atoms with Crippen LogP contribution in [0.15, 0.2) is 52.1 Å². The van der Waals surface area contributed by atoms with Crippen molar-refractivity contribution in [3.63, 3.8) is 0 Å². The van der Waals surface area contributed by atoms with E-state index in [0.29, 0.717) is 26.7 Å². The van der Waals surface area contributed by atoms with E-state index in [0.717, 1.165) is 33.6 Å². The average Bonchev–Trinajstić information content (AvgIpc) is 3.04. The van der Waals surface area contributed by atoms with Crippen LogP contribution in [0.25, 0.3) is 11.0 Å². The molecule has 0 radical (unpaired) electrons. The number of hydrogen-bond acceptors (Lipinski definition) is 6. The fourth-order valence-electron chi connectivity index (χ4n) is 2.93. The molecule has 0 bridgehead atoms. The molecular weight excluding hydrogens is 457 g/mol. The van der Waals surface area contributed by atoms with Crippen molar-refractivity contribution in [2.45, 2.75) is 19.8 Å². The highest BCUT2D eigenvalue weighted by atomic mass is 35.5. The Balaban J connectivity index is 1.68. The van der Waals surface area contributed by atoms with Crippen LogP contribution in [-0.2, 0) is 6.42 Å². The molecule has 2 aromatic carbocycles. The smallest absolute Gasteiger partial charge is 0.296 e. The summed E-state index contributed by atoms with van der Waals surface area (Å²) in [5.74, 6) is 0.768. The Labute approximate surface area is 191 Å². The van der Waals surface area contributed by atoms with Crippen LogP contribution in [0.5, 0.6) is 5.75 Å². The minimum absolute atomic E-state index is 0.200. The monoisotopic (exact) mass is 473 g/mol. The van der Waals surface area contributed by atoms with Crippen LogP contribution in [0.1, 0.15) is 30.2 Å². The molecule has 0 aliphatic heterocycles. The minimum Gasteiger partial charge on any atom is -0.494 e. The fraction of sp³-hybridized carbons (Fsp3) is 0.182. The molecule has 0 saturated heterocycles. The molecule has 0 amide bonds. The molecule has 4 aromatic rings. The Bertz CT molecular complexity index is 1420. The third-order valence-corrected chi connectivity index (χ3v) is 5.99. The topological polar surface area (TPSA) is 73.6 Å². The Morgan fingerprint density at radius 2 is 1.90 bits per heavy atom. The molecule has 0 spiro atoms. The van der Waals surface area contributed by atoms with Gasteiger partial charge in [-0.2, -0.15) is 14.6 Å². The molecule has 0 N–H and O–H groups in total. The Morgan fingerprint density at radius 1 is 1.13 bits per heavy atom. The van der Waals surface area contributed by atoms with E-state index < -0.39 is 5.56 Å². The van der Waals surface area contributed by atoms with Crippen LogP contribution in [0.2, 0.25) is 10.0 Å². The second kappa shape index (κ2) is 9.18. The average molecular weight is 474 g/mol. The van der Waals surface area contributed by atoms with Crippen LogP contribution in [-0.4, -0.2) is 21.2 Å². The molecule has 31 heavy (non-hydrogen) atoms. The lowest BCUT2D eigenvalue weighted by molar-refractivity contribution is 0.317. The number of aromatic nitrogens is 3. The van der Waals surface area contributed by atoms with E-state index in [1.54, 1.807) is 24.3 Å². The molecule has 0 unspecified atom stereocenters. The zero-order valence-corrected chi connectivity index (χ0v) is 18.8. The number of benzene rings is 2. The molecule has 158 valence electrons. The van der Waals surface area contributed by atoms with Gasteiger partial charge in [0.25, 0.3) is 11.1 Å². The zero-order valence-electron chi connectivity index (χ0n) is 16.5. The summed E-state index contributed by atoms with van der Waals surface area (Å²) in [6, 6.07) is 12.4. The summed E-state index contributed by atoms with van der Waals surface area (Å²) >= 11 is 13.2.